The van der Waals surface area contributed by atoms with Crippen molar-refractivity contribution >= 4 is 12.0 Å². The number of aromatic nitrogens is 1. The molecule has 0 saturated heterocycles. The van der Waals surface area contributed by atoms with E-state index in [-0.39, 0.29) is 5.97 Å². The minimum absolute atomic E-state index is 0.321. The standard InChI is InChI=1S/C12H15NO2/c1-4-15-12(14)10-6-5-7-13-11(10)8-9(2)3/h5-8H,4H2,1-3H3. The highest BCUT2D eigenvalue weighted by atomic mass is 16.5. The summed E-state index contributed by atoms with van der Waals surface area (Å²) in [4.78, 5) is 15.7. The molecule has 1 aromatic heterocycles. The lowest BCUT2D eigenvalue weighted by atomic mass is 10.1. The van der Waals surface area contributed by atoms with Gasteiger partial charge in [-0.1, -0.05) is 5.57 Å². The molecule has 1 aromatic rings. The second-order valence-corrected chi connectivity index (χ2v) is 3.38. The number of esters is 1. The van der Waals surface area contributed by atoms with Crippen molar-refractivity contribution in [1.29, 1.82) is 0 Å². The van der Waals surface area contributed by atoms with Crippen LogP contribution in [-0.2, 0) is 4.74 Å². The third-order valence-corrected chi connectivity index (χ3v) is 1.76. The highest BCUT2D eigenvalue weighted by molar-refractivity contribution is 5.92. The molecule has 0 unspecified atom stereocenters. The minimum atomic E-state index is -0.321. The molecule has 0 aliphatic carbocycles. The number of pyridine rings is 1. The summed E-state index contributed by atoms with van der Waals surface area (Å²) in [5.74, 6) is -0.321. The van der Waals surface area contributed by atoms with Crippen molar-refractivity contribution in [3.63, 3.8) is 0 Å². The summed E-state index contributed by atoms with van der Waals surface area (Å²) in [5, 5.41) is 0. The van der Waals surface area contributed by atoms with Gasteiger partial charge in [-0.2, -0.15) is 0 Å². The molecule has 0 aliphatic heterocycles. The number of nitrogens with zero attached hydrogens (tertiary/aromatic N) is 1. The zero-order valence-corrected chi connectivity index (χ0v) is 9.28. The van der Waals surface area contributed by atoms with Crippen LogP contribution in [0, 0.1) is 0 Å². The van der Waals surface area contributed by atoms with Crippen molar-refractivity contribution in [3.8, 4) is 0 Å². The van der Waals surface area contributed by atoms with Crippen LogP contribution in [0.25, 0.3) is 6.08 Å². The van der Waals surface area contributed by atoms with Gasteiger partial charge in [0.25, 0.3) is 0 Å². The summed E-state index contributed by atoms with van der Waals surface area (Å²) in [6.07, 6.45) is 3.53. The van der Waals surface area contributed by atoms with E-state index in [9.17, 15) is 4.79 Å². The summed E-state index contributed by atoms with van der Waals surface area (Å²) in [5.41, 5.74) is 2.27. The Bertz CT molecular complexity index is 379. The molecule has 15 heavy (non-hydrogen) atoms. The fourth-order valence-electron chi connectivity index (χ4n) is 1.19. The van der Waals surface area contributed by atoms with Crippen LogP contribution in [0.1, 0.15) is 36.8 Å². The smallest absolute Gasteiger partial charge is 0.340 e. The van der Waals surface area contributed by atoms with E-state index in [0.29, 0.717) is 17.9 Å². The minimum Gasteiger partial charge on any atom is -0.462 e. The Labute approximate surface area is 89.8 Å². The highest BCUT2D eigenvalue weighted by Gasteiger charge is 2.10. The maximum Gasteiger partial charge on any atom is 0.340 e. The van der Waals surface area contributed by atoms with Crippen molar-refractivity contribution in [2.75, 3.05) is 6.61 Å². The van der Waals surface area contributed by atoms with E-state index in [0.717, 1.165) is 5.57 Å². The topological polar surface area (TPSA) is 39.2 Å². The first-order valence-electron chi connectivity index (χ1n) is 4.92. The van der Waals surface area contributed by atoms with Gasteiger partial charge in [-0.3, -0.25) is 4.98 Å². The zero-order chi connectivity index (χ0) is 11.3. The van der Waals surface area contributed by atoms with Crippen LogP contribution in [0.3, 0.4) is 0 Å². The highest BCUT2D eigenvalue weighted by Crippen LogP contribution is 2.11. The van der Waals surface area contributed by atoms with Crippen LogP contribution < -0.4 is 0 Å². The summed E-state index contributed by atoms with van der Waals surface area (Å²) < 4.78 is 4.94. The molecule has 3 heteroatoms. The van der Waals surface area contributed by atoms with Gasteiger partial charge in [0.05, 0.1) is 17.9 Å². The Hall–Kier alpha value is -1.64. The number of ether oxygens (including phenoxy) is 1. The van der Waals surface area contributed by atoms with Crippen LogP contribution >= 0.6 is 0 Å². The van der Waals surface area contributed by atoms with Crippen LogP contribution in [0.2, 0.25) is 0 Å². The van der Waals surface area contributed by atoms with Gasteiger partial charge in [-0.25, -0.2) is 4.79 Å². The Morgan fingerprint density at radius 1 is 1.53 bits per heavy atom. The first-order valence-corrected chi connectivity index (χ1v) is 4.92. The molecule has 1 rings (SSSR count). The molecule has 0 amide bonds. The maximum absolute atomic E-state index is 11.6. The molecule has 3 nitrogen and oxygen atoms in total. The van der Waals surface area contributed by atoms with Gasteiger partial charge in [0.2, 0.25) is 0 Å². The van der Waals surface area contributed by atoms with E-state index in [1.54, 1.807) is 25.3 Å². The van der Waals surface area contributed by atoms with Gasteiger partial charge in [-0.05, 0) is 39.0 Å². The van der Waals surface area contributed by atoms with Crippen molar-refractivity contribution in [2.24, 2.45) is 0 Å². The van der Waals surface area contributed by atoms with Gasteiger partial charge in [0.15, 0.2) is 0 Å². The number of hydrogen-bond acceptors (Lipinski definition) is 3. The van der Waals surface area contributed by atoms with E-state index >= 15 is 0 Å². The second kappa shape index (κ2) is 5.29. The first-order chi connectivity index (χ1) is 7.15. The Morgan fingerprint density at radius 2 is 2.27 bits per heavy atom. The predicted molar refractivity (Wildman–Crippen MR) is 59.5 cm³/mol. The summed E-state index contributed by atoms with van der Waals surface area (Å²) in [7, 11) is 0. The Kier molecular flexibility index (Phi) is 4.03. The molecular formula is C12H15NO2. The molecule has 80 valence electrons. The molecule has 1 heterocycles. The lowest BCUT2D eigenvalue weighted by Gasteiger charge is -2.04. The predicted octanol–water partition coefficient (Wildman–Crippen LogP) is 2.68. The molecule has 0 N–H and O–H groups in total. The normalized spacial score (nSPS) is 9.53. The van der Waals surface area contributed by atoms with Gasteiger partial charge < -0.3 is 4.74 Å². The monoisotopic (exact) mass is 205 g/mol. The van der Waals surface area contributed by atoms with E-state index < -0.39 is 0 Å². The zero-order valence-electron chi connectivity index (χ0n) is 9.28. The molecule has 0 spiro atoms. The summed E-state index contributed by atoms with van der Waals surface area (Å²) >= 11 is 0. The van der Waals surface area contributed by atoms with E-state index in [2.05, 4.69) is 4.98 Å². The summed E-state index contributed by atoms with van der Waals surface area (Å²) in [6.45, 7) is 6.09. The Balaban J connectivity index is 3.06. The molecular weight excluding hydrogens is 190 g/mol. The van der Waals surface area contributed by atoms with Gasteiger partial charge in [-0.15, -0.1) is 0 Å². The van der Waals surface area contributed by atoms with Gasteiger partial charge in [0, 0.05) is 6.20 Å². The quantitative estimate of drug-likeness (QED) is 0.712. The van der Waals surface area contributed by atoms with Crippen molar-refractivity contribution in [2.45, 2.75) is 20.8 Å². The number of allylic oxidation sites excluding steroid dienone is 1. The van der Waals surface area contributed by atoms with Crippen molar-refractivity contribution in [3.05, 3.63) is 35.2 Å². The van der Waals surface area contributed by atoms with E-state index in [4.69, 9.17) is 4.74 Å². The number of carbonyl (C=O) groups is 1. The average Bonchev–Trinajstić information content (AvgIpc) is 2.18. The van der Waals surface area contributed by atoms with E-state index in [1.807, 2.05) is 19.9 Å². The molecule has 0 atom stereocenters. The molecule has 0 radical (unpaired) electrons. The lowest BCUT2D eigenvalue weighted by molar-refractivity contribution is 0.0525. The molecule has 0 aromatic carbocycles. The Morgan fingerprint density at radius 3 is 2.87 bits per heavy atom. The van der Waals surface area contributed by atoms with Crippen molar-refractivity contribution in [1.82, 2.24) is 4.98 Å². The fraction of sp³-hybridized carbons (Fsp3) is 0.333. The third kappa shape index (κ3) is 3.20. The largest absolute Gasteiger partial charge is 0.462 e. The number of hydrogen-bond donors (Lipinski definition) is 0. The van der Waals surface area contributed by atoms with Crippen LogP contribution in [0.15, 0.2) is 23.9 Å². The van der Waals surface area contributed by atoms with Crippen LogP contribution in [-0.4, -0.2) is 17.6 Å². The molecule has 0 saturated carbocycles. The van der Waals surface area contributed by atoms with Gasteiger partial charge >= 0.3 is 5.97 Å². The van der Waals surface area contributed by atoms with E-state index in [1.165, 1.54) is 0 Å². The molecule has 0 aliphatic rings. The van der Waals surface area contributed by atoms with Crippen LogP contribution in [0.4, 0.5) is 0 Å². The van der Waals surface area contributed by atoms with Crippen molar-refractivity contribution < 1.29 is 9.53 Å². The molecule has 0 fully saturated rings. The lowest BCUT2D eigenvalue weighted by Crippen LogP contribution is -2.07. The van der Waals surface area contributed by atoms with Crippen LogP contribution in [0.5, 0.6) is 0 Å². The second-order valence-electron chi connectivity index (χ2n) is 3.38. The van der Waals surface area contributed by atoms with Gasteiger partial charge in [0.1, 0.15) is 0 Å². The maximum atomic E-state index is 11.6. The average molecular weight is 205 g/mol. The molecule has 0 bridgehead atoms. The third-order valence-electron chi connectivity index (χ3n) is 1.76. The number of rotatable bonds is 3. The number of carbonyl (C=O) groups excluding carboxylic acids is 1. The SMILES string of the molecule is CCOC(=O)c1cccnc1C=C(C)C. The summed E-state index contributed by atoms with van der Waals surface area (Å²) in [6, 6.07) is 3.45. The first kappa shape index (κ1) is 11.4. The fourth-order valence-corrected chi connectivity index (χ4v) is 1.19.